The predicted octanol–water partition coefficient (Wildman–Crippen LogP) is 3.41. The highest BCUT2D eigenvalue weighted by atomic mass is 32.2. The average molecular weight is 393 g/mol. The lowest BCUT2D eigenvalue weighted by Gasteiger charge is -2.25. The molecule has 2 N–H and O–H groups in total. The van der Waals surface area contributed by atoms with Gasteiger partial charge in [-0.15, -0.1) is 0 Å². The molecule has 3 rings (SSSR count). The molecule has 1 aliphatic heterocycles. The second kappa shape index (κ2) is 9.11. The van der Waals surface area contributed by atoms with Gasteiger partial charge in [0.1, 0.15) is 5.75 Å². The first-order valence-electron chi connectivity index (χ1n) is 8.66. The molecule has 0 aliphatic carbocycles. The van der Waals surface area contributed by atoms with Crippen LogP contribution in [0.4, 0.5) is 5.69 Å². The molecule has 0 fully saturated rings. The van der Waals surface area contributed by atoms with Gasteiger partial charge in [-0.2, -0.15) is 5.26 Å². The minimum absolute atomic E-state index is 0.0883. The average Bonchev–Trinajstić information content (AvgIpc) is 2.72. The number of nitriles is 1. The molecule has 0 saturated carbocycles. The number of thioether (sulfide) groups is 1. The Labute approximate surface area is 167 Å². The fourth-order valence-electron chi connectivity index (χ4n) is 2.91. The van der Waals surface area contributed by atoms with E-state index in [1.165, 1.54) is 0 Å². The van der Waals surface area contributed by atoms with Gasteiger partial charge in [-0.1, -0.05) is 42.1 Å². The zero-order valence-electron chi connectivity index (χ0n) is 15.3. The van der Waals surface area contributed by atoms with Crippen molar-refractivity contribution < 1.29 is 14.3 Å². The highest BCUT2D eigenvalue weighted by Gasteiger charge is 2.29. The van der Waals surface area contributed by atoms with Gasteiger partial charge in [-0.25, -0.2) is 0 Å². The molecule has 1 unspecified atom stereocenters. The molecule has 0 saturated heterocycles. The number of allylic oxidation sites excluding steroid dienone is 1. The minimum atomic E-state index is -0.343. The molecule has 7 heteroatoms. The summed E-state index contributed by atoms with van der Waals surface area (Å²) in [7, 11) is 1.58. The summed E-state index contributed by atoms with van der Waals surface area (Å²) in [6, 6.07) is 18.6. The summed E-state index contributed by atoms with van der Waals surface area (Å²) in [4.78, 5) is 24.4. The van der Waals surface area contributed by atoms with Crippen LogP contribution in [-0.4, -0.2) is 24.7 Å². The fourth-order valence-corrected chi connectivity index (χ4v) is 3.79. The standard InChI is InChI=1S/C21H19N3O3S/c1-27-16-9-7-14(8-10-16)17-11-19(25)24-21(18(17)12-22)28-13-20(26)23-15-5-3-2-4-6-15/h2-10,17H,11,13H2,1H3,(H,23,26)(H,24,25). The summed E-state index contributed by atoms with van der Waals surface area (Å²) < 4.78 is 5.16. The maximum absolute atomic E-state index is 12.2. The molecule has 1 heterocycles. The van der Waals surface area contributed by atoms with Gasteiger partial charge in [0.25, 0.3) is 0 Å². The Hall–Kier alpha value is -3.24. The number of hydrogen-bond acceptors (Lipinski definition) is 5. The number of methoxy groups -OCH3 is 1. The summed E-state index contributed by atoms with van der Waals surface area (Å²) in [6.07, 6.45) is 0.190. The molecule has 2 aromatic carbocycles. The van der Waals surface area contributed by atoms with Crippen LogP contribution in [0.15, 0.2) is 65.2 Å². The molecule has 0 bridgehead atoms. The smallest absolute Gasteiger partial charge is 0.234 e. The molecular weight excluding hydrogens is 374 g/mol. The number of nitrogens with one attached hydrogen (secondary N) is 2. The van der Waals surface area contributed by atoms with Crippen molar-refractivity contribution in [1.82, 2.24) is 5.32 Å². The Bertz CT molecular complexity index is 934. The fraction of sp³-hybridized carbons (Fsp3) is 0.190. The van der Waals surface area contributed by atoms with Crippen molar-refractivity contribution in [3.63, 3.8) is 0 Å². The van der Waals surface area contributed by atoms with E-state index in [4.69, 9.17) is 4.74 Å². The Morgan fingerprint density at radius 2 is 1.96 bits per heavy atom. The lowest BCUT2D eigenvalue weighted by molar-refractivity contribution is -0.121. The van der Waals surface area contributed by atoms with Crippen LogP contribution in [0.1, 0.15) is 17.9 Å². The maximum Gasteiger partial charge on any atom is 0.234 e. The van der Waals surface area contributed by atoms with E-state index < -0.39 is 0 Å². The SMILES string of the molecule is COc1ccc(C2CC(=O)NC(SCC(=O)Nc3ccccc3)=C2C#N)cc1. The van der Waals surface area contributed by atoms with E-state index >= 15 is 0 Å². The van der Waals surface area contributed by atoms with Crippen molar-refractivity contribution in [2.45, 2.75) is 12.3 Å². The first-order valence-corrected chi connectivity index (χ1v) is 9.65. The quantitative estimate of drug-likeness (QED) is 0.785. The molecule has 0 spiro atoms. The Morgan fingerprint density at radius 1 is 1.25 bits per heavy atom. The topological polar surface area (TPSA) is 91.2 Å². The first-order chi connectivity index (χ1) is 13.6. The number of nitrogens with zero attached hydrogens (tertiary/aromatic N) is 1. The van der Waals surface area contributed by atoms with E-state index in [1.807, 2.05) is 30.3 Å². The molecule has 2 aromatic rings. The summed E-state index contributed by atoms with van der Waals surface area (Å²) in [5, 5.41) is 15.6. The highest BCUT2D eigenvalue weighted by molar-refractivity contribution is 8.03. The van der Waals surface area contributed by atoms with Gasteiger partial charge >= 0.3 is 0 Å². The number of para-hydroxylation sites is 1. The van der Waals surface area contributed by atoms with E-state index in [2.05, 4.69) is 16.7 Å². The van der Waals surface area contributed by atoms with E-state index in [1.54, 1.807) is 31.4 Å². The van der Waals surface area contributed by atoms with Gasteiger partial charge in [0, 0.05) is 18.0 Å². The summed E-state index contributed by atoms with van der Waals surface area (Å²) in [6.45, 7) is 0. The van der Waals surface area contributed by atoms with Crippen LogP contribution in [0.3, 0.4) is 0 Å². The molecule has 142 valence electrons. The van der Waals surface area contributed by atoms with Crippen LogP contribution in [-0.2, 0) is 9.59 Å². The summed E-state index contributed by atoms with van der Waals surface area (Å²) in [5.41, 5.74) is 2.02. The van der Waals surface area contributed by atoms with E-state index in [0.717, 1.165) is 17.3 Å². The third kappa shape index (κ3) is 4.72. The van der Waals surface area contributed by atoms with Crippen LogP contribution < -0.4 is 15.4 Å². The zero-order chi connectivity index (χ0) is 19.9. The normalized spacial score (nSPS) is 16.1. The molecule has 2 amide bonds. The van der Waals surface area contributed by atoms with Crippen LogP contribution in [0.5, 0.6) is 5.75 Å². The van der Waals surface area contributed by atoms with Crippen molar-refractivity contribution >= 4 is 29.3 Å². The molecule has 0 aromatic heterocycles. The number of rotatable bonds is 6. The van der Waals surface area contributed by atoms with Crippen molar-refractivity contribution in [1.29, 1.82) is 5.26 Å². The zero-order valence-corrected chi connectivity index (χ0v) is 16.1. The molecule has 6 nitrogen and oxygen atoms in total. The van der Waals surface area contributed by atoms with Crippen molar-refractivity contribution in [3.05, 3.63) is 70.8 Å². The van der Waals surface area contributed by atoms with Gasteiger partial charge in [0.15, 0.2) is 0 Å². The van der Waals surface area contributed by atoms with Gasteiger partial charge in [0.2, 0.25) is 11.8 Å². The number of benzene rings is 2. The van der Waals surface area contributed by atoms with Gasteiger partial charge < -0.3 is 15.4 Å². The van der Waals surface area contributed by atoms with Crippen molar-refractivity contribution in [2.24, 2.45) is 0 Å². The third-order valence-corrected chi connectivity index (χ3v) is 5.30. The van der Waals surface area contributed by atoms with E-state index in [9.17, 15) is 14.9 Å². The Balaban J connectivity index is 1.75. The third-order valence-electron chi connectivity index (χ3n) is 4.28. The summed E-state index contributed by atoms with van der Waals surface area (Å²) in [5.74, 6) is 0.0704. The van der Waals surface area contributed by atoms with Crippen molar-refractivity contribution in [2.75, 3.05) is 18.2 Å². The summed E-state index contributed by atoms with van der Waals surface area (Å²) >= 11 is 1.16. The highest BCUT2D eigenvalue weighted by Crippen LogP contribution is 2.36. The molecule has 1 aliphatic rings. The van der Waals surface area contributed by atoms with E-state index in [0.29, 0.717) is 22.0 Å². The molecule has 0 radical (unpaired) electrons. The van der Waals surface area contributed by atoms with E-state index in [-0.39, 0.29) is 29.9 Å². The number of ether oxygens (including phenoxy) is 1. The van der Waals surface area contributed by atoms with Crippen LogP contribution in [0.2, 0.25) is 0 Å². The second-order valence-electron chi connectivity index (χ2n) is 6.14. The van der Waals surface area contributed by atoms with Gasteiger partial charge in [-0.05, 0) is 29.8 Å². The first kappa shape index (κ1) is 19.5. The predicted molar refractivity (Wildman–Crippen MR) is 109 cm³/mol. The number of carbonyl (C=O) groups excluding carboxylic acids is 2. The Kier molecular flexibility index (Phi) is 6.35. The monoisotopic (exact) mass is 393 g/mol. The second-order valence-corrected chi connectivity index (χ2v) is 7.12. The number of hydrogen-bond donors (Lipinski definition) is 2. The maximum atomic E-state index is 12.2. The van der Waals surface area contributed by atoms with Gasteiger partial charge in [0.05, 0.1) is 29.5 Å². The van der Waals surface area contributed by atoms with Gasteiger partial charge in [-0.3, -0.25) is 9.59 Å². The number of amides is 2. The van der Waals surface area contributed by atoms with Crippen LogP contribution in [0.25, 0.3) is 0 Å². The number of anilines is 1. The number of carbonyl (C=O) groups is 2. The largest absolute Gasteiger partial charge is 0.497 e. The molecular formula is C21H19N3O3S. The molecule has 28 heavy (non-hydrogen) atoms. The lowest BCUT2D eigenvalue weighted by Crippen LogP contribution is -2.31. The lowest BCUT2D eigenvalue weighted by atomic mass is 9.87. The van der Waals surface area contributed by atoms with Crippen LogP contribution >= 0.6 is 11.8 Å². The van der Waals surface area contributed by atoms with Crippen LogP contribution in [0, 0.1) is 11.3 Å². The van der Waals surface area contributed by atoms with Crippen molar-refractivity contribution in [3.8, 4) is 11.8 Å². The molecule has 1 atom stereocenters. The Morgan fingerprint density at radius 3 is 2.61 bits per heavy atom. The minimum Gasteiger partial charge on any atom is -0.497 e.